The lowest BCUT2D eigenvalue weighted by atomic mass is 9.57. The zero-order chi connectivity index (χ0) is 14.1. The Labute approximate surface area is 114 Å². The van der Waals surface area contributed by atoms with Gasteiger partial charge in [0.25, 0.3) is 0 Å². The second-order valence-corrected chi connectivity index (χ2v) is 6.13. The van der Waals surface area contributed by atoms with Crippen LogP contribution in [0.4, 0.5) is 4.79 Å². The summed E-state index contributed by atoms with van der Waals surface area (Å²) in [4.78, 5) is 23.6. The number of methoxy groups -OCH3 is 1. The normalized spacial score (nSPS) is 33.1. The lowest BCUT2D eigenvalue weighted by Crippen LogP contribution is -2.58. The molecule has 3 aliphatic rings. The number of hydrogen-bond donors (Lipinski definition) is 1. The summed E-state index contributed by atoms with van der Waals surface area (Å²) in [5.41, 5.74) is -0.484. The van der Waals surface area contributed by atoms with Crippen LogP contribution in [0.1, 0.15) is 52.4 Å². The first-order chi connectivity index (χ1) is 8.91. The monoisotopic (exact) mass is 269 g/mol. The van der Waals surface area contributed by atoms with Crippen molar-refractivity contribution in [3.63, 3.8) is 0 Å². The second kappa shape index (κ2) is 5.02. The van der Waals surface area contributed by atoms with Crippen LogP contribution in [-0.2, 0) is 14.3 Å². The van der Waals surface area contributed by atoms with E-state index in [1.54, 1.807) is 0 Å². The quantitative estimate of drug-likeness (QED) is 0.799. The highest BCUT2D eigenvalue weighted by Gasteiger charge is 2.53. The van der Waals surface area contributed by atoms with Gasteiger partial charge in [-0.25, -0.2) is 4.79 Å². The predicted octanol–water partition coefficient (Wildman–Crippen LogP) is 2.39. The molecule has 0 saturated heterocycles. The van der Waals surface area contributed by atoms with Crippen LogP contribution in [0, 0.1) is 5.41 Å². The maximum atomic E-state index is 11.9. The second-order valence-electron chi connectivity index (χ2n) is 6.13. The zero-order valence-corrected chi connectivity index (χ0v) is 12.0. The van der Waals surface area contributed by atoms with Crippen LogP contribution in [0.3, 0.4) is 0 Å². The Balaban J connectivity index is 1.97. The Bertz CT molecular complexity index is 353. The van der Waals surface area contributed by atoms with Gasteiger partial charge in [0.05, 0.1) is 18.6 Å². The molecular formula is C14H23NO4. The number of carbonyl (C=O) groups excluding carboxylic acids is 2. The number of hydrogen-bond acceptors (Lipinski definition) is 4. The van der Waals surface area contributed by atoms with E-state index in [2.05, 4.69) is 5.32 Å². The van der Waals surface area contributed by atoms with E-state index >= 15 is 0 Å². The number of nitrogens with one attached hydrogen (secondary N) is 1. The molecule has 0 aromatic carbocycles. The smallest absolute Gasteiger partial charge is 0.407 e. The van der Waals surface area contributed by atoms with Gasteiger partial charge in [-0.2, -0.15) is 0 Å². The first-order valence-electron chi connectivity index (χ1n) is 6.99. The molecule has 1 amide bonds. The predicted molar refractivity (Wildman–Crippen MR) is 69.6 cm³/mol. The zero-order valence-electron chi connectivity index (χ0n) is 12.0. The number of alkyl carbamates (subject to hydrolysis) is 1. The van der Waals surface area contributed by atoms with E-state index in [1.165, 1.54) is 7.11 Å². The Morgan fingerprint density at radius 3 is 2.00 bits per heavy atom. The van der Waals surface area contributed by atoms with E-state index in [-0.39, 0.29) is 29.1 Å². The Morgan fingerprint density at radius 1 is 1.05 bits per heavy atom. The van der Waals surface area contributed by atoms with Crippen molar-refractivity contribution in [2.24, 2.45) is 5.41 Å². The van der Waals surface area contributed by atoms with Crippen molar-refractivity contribution >= 4 is 12.1 Å². The molecular weight excluding hydrogens is 246 g/mol. The van der Waals surface area contributed by atoms with Crippen molar-refractivity contribution in [1.82, 2.24) is 5.32 Å². The number of amides is 1. The molecule has 0 aromatic heterocycles. The maximum Gasteiger partial charge on any atom is 0.407 e. The lowest BCUT2D eigenvalue weighted by molar-refractivity contribution is -0.160. The third-order valence-electron chi connectivity index (χ3n) is 4.57. The van der Waals surface area contributed by atoms with E-state index in [1.807, 2.05) is 13.8 Å². The highest BCUT2D eigenvalue weighted by atomic mass is 16.6. The average molecular weight is 269 g/mol. The summed E-state index contributed by atoms with van der Waals surface area (Å²) in [6.07, 6.45) is 4.41. The molecule has 5 nitrogen and oxygen atoms in total. The number of rotatable bonds is 3. The summed E-state index contributed by atoms with van der Waals surface area (Å²) in [5.74, 6) is -0.0921. The molecule has 0 radical (unpaired) electrons. The molecule has 0 heterocycles. The minimum absolute atomic E-state index is 0.0921. The maximum absolute atomic E-state index is 11.9. The molecule has 0 atom stereocenters. The van der Waals surface area contributed by atoms with Crippen molar-refractivity contribution in [3.8, 4) is 0 Å². The van der Waals surface area contributed by atoms with Gasteiger partial charge < -0.3 is 14.8 Å². The number of esters is 1. The summed E-state index contributed by atoms with van der Waals surface area (Å²) >= 11 is 0. The molecule has 0 unspecified atom stereocenters. The SMILES string of the molecule is COC(=O)C12CCC(NC(=O)OC(C)C)(CC1)CC2. The van der Waals surface area contributed by atoms with Crippen molar-refractivity contribution in [1.29, 1.82) is 0 Å². The largest absolute Gasteiger partial charge is 0.469 e. The van der Waals surface area contributed by atoms with Crippen molar-refractivity contribution in [2.45, 2.75) is 64.0 Å². The third kappa shape index (κ3) is 2.69. The molecule has 5 heteroatoms. The summed E-state index contributed by atoms with van der Waals surface area (Å²) in [6, 6.07) is 0. The average Bonchev–Trinajstić information content (AvgIpc) is 2.38. The molecule has 0 spiro atoms. The van der Waals surface area contributed by atoms with Gasteiger partial charge in [0.2, 0.25) is 0 Å². The van der Waals surface area contributed by atoms with E-state index in [4.69, 9.17) is 9.47 Å². The molecule has 0 aromatic rings. The van der Waals surface area contributed by atoms with Crippen LogP contribution in [0.25, 0.3) is 0 Å². The van der Waals surface area contributed by atoms with Crippen molar-refractivity contribution < 1.29 is 19.1 Å². The molecule has 19 heavy (non-hydrogen) atoms. The Morgan fingerprint density at radius 2 is 1.58 bits per heavy atom. The van der Waals surface area contributed by atoms with Gasteiger partial charge >= 0.3 is 12.1 Å². The standard InChI is InChI=1S/C14H23NO4/c1-10(2)19-12(17)15-14-7-4-13(5-8-14,6-9-14)11(16)18-3/h10H,4-9H2,1-3H3,(H,15,17). The fourth-order valence-corrected chi connectivity index (χ4v) is 3.36. The minimum Gasteiger partial charge on any atom is -0.469 e. The molecule has 2 bridgehead atoms. The molecule has 108 valence electrons. The van der Waals surface area contributed by atoms with E-state index < -0.39 is 0 Å². The molecule has 1 N–H and O–H groups in total. The Hall–Kier alpha value is -1.26. The molecule has 3 fully saturated rings. The van der Waals surface area contributed by atoms with Crippen LogP contribution in [0.15, 0.2) is 0 Å². The number of fused-ring (bicyclic) bond motifs is 3. The molecule has 3 saturated carbocycles. The topological polar surface area (TPSA) is 64.6 Å². The van der Waals surface area contributed by atoms with Gasteiger partial charge in [-0.1, -0.05) is 0 Å². The molecule has 3 aliphatic carbocycles. The van der Waals surface area contributed by atoms with Crippen LogP contribution in [0.2, 0.25) is 0 Å². The van der Waals surface area contributed by atoms with E-state index in [0.29, 0.717) is 0 Å². The van der Waals surface area contributed by atoms with Gasteiger partial charge in [-0.05, 0) is 52.4 Å². The minimum atomic E-state index is -0.345. The molecule has 0 aliphatic heterocycles. The highest BCUT2D eigenvalue weighted by molar-refractivity contribution is 5.77. The van der Waals surface area contributed by atoms with Crippen LogP contribution in [-0.4, -0.2) is 30.8 Å². The van der Waals surface area contributed by atoms with E-state index in [9.17, 15) is 9.59 Å². The lowest BCUT2D eigenvalue weighted by Gasteiger charge is -2.51. The van der Waals surface area contributed by atoms with Gasteiger partial charge in [-0.15, -0.1) is 0 Å². The van der Waals surface area contributed by atoms with Crippen molar-refractivity contribution in [2.75, 3.05) is 7.11 Å². The summed E-state index contributed by atoms with van der Waals surface area (Å²) < 4.78 is 10.1. The van der Waals surface area contributed by atoms with Gasteiger partial charge in [0.1, 0.15) is 0 Å². The number of ether oxygens (including phenoxy) is 2. The third-order valence-corrected chi connectivity index (χ3v) is 4.57. The van der Waals surface area contributed by atoms with Crippen LogP contribution < -0.4 is 5.32 Å². The summed E-state index contributed by atoms with van der Waals surface area (Å²) in [5, 5.41) is 3.01. The van der Waals surface area contributed by atoms with Gasteiger partial charge in [0.15, 0.2) is 0 Å². The van der Waals surface area contributed by atoms with Crippen LogP contribution >= 0.6 is 0 Å². The van der Waals surface area contributed by atoms with Gasteiger partial charge in [-0.3, -0.25) is 4.79 Å². The summed E-state index contributed by atoms with van der Waals surface area (Å²) in [7, 11) is 1.45. The fraction of sp³-hybridized carbons (Fsp3) is 0.857. The van der Waals surface area contributed by atoms with Crippen LogP contribution in [0.5, 0.6) is 0 Å². The summed E-state index contributed by atoms with van der Waals surface area (Å²) in [6.45, 7) is 3.67. The number of carbonyl (C=O) groups is 2. The Kier molecular flexibility index (Phi) is 3.74. The van der Waals surface area contributed by atoms with E-state index in [0.717, 1.165) is 38.5 Å². The van der Waals surface area contributed by atoms with Gasteiger partial charge in [0, 0.05) is 5.54 Å². The highest BCUT2D eigenvalue weighted by Crippen LogP contribution is 2.52. The molecule has 3 rings (SSSR count). The first kappa shape index (κ1) is 14.2. The first-order valence-corrected chi connectivity index (χ1v) is 6.99. The van der Waals surface area contributed by atoms with Crippen molar-refractivity contribution in [3.05, 3.63) is 0 Å². The fourth-order valence-electron chi connectivity index (χ4n) is 3.36.